The van der Waals surface area contributed by atoms with Gasteiger partial charge in [-0.05, 0) is 0 Å². The van der Waals surface area contributed by atoms with E-state index in [1.807, 2.05) is 0 Å². The molecule has 0 aromatic heterocycles. The molecule has 0 heterocycles. The van der Waals surface area contributed by atoms with Gasteiger partial charge in [0.2, 0.25) is 5.67 Å². The third-order valence-corrected chi connectivity index (χ3v) is 3.37. The maximum Gasteiger partial charge on any atom is 0.381 e. The molecule has 0 bridgehead atoms. The van der Waals surface area contributed by atoms with Gasteiger partial charge in [0.05, 0.1) is 13.0 Å². The molecule has 0 aliphatic heterocycles. The molecule has 2 nitrogen and oxygen atoms in total. The maximum absolute atomic E-state index is 13.9. The summed E-state index contributed by atoms with van der Waals surface area (Å²) in [5.74, 6) is -29.6. The number of carbonyl (C=O) groups excluding carboxylic acids is 1. The van der Waals surface area contributed by atoms with E-state index in [1.165, 1.54) is 0 Å². The molecule has 21 heavy (non-hydrogen) atoms. The standard InChI is InChI=1S/C10H9F9O2/c1-4(5(20)21-2)3-6(11)7(12,13)9(16,17)10(18,19)8(6,14)15/h4H,3H2,1-2H3. The molecule has 1 rings (SSSR count). The second kappa shape index (κ2) is 4.42. The smallest absolute Gasteiger partial charge is 0.381 e. The predicted octanol–water partition coefficient (Wildman–Crippen LogP) is 3.45. The number of rotatable bonds is 3. The van der Waals surface area contributed by atoms with Gasteiger partial charge in [0.15, 0.2) is 0 Å². The molecule has 0 radical (unpaired) electrons. The molecule has 124 valence electrons. The van der Waals surface area contributed by atoms with Crippen molar-refractivity contribution in [1.29, 1.82) is 0 Å². The first kappa shape index (κ1) is 17.9. The van der Waals surface area contributed by atoms with E-state index in [-0.39, 0.29) is 0 Å². The quantitative estimate of drug-likeness (QED) is 0.585. The predicted molar refractivity (Wildman–Crippen MR) is 49.4 cm³/mol. The highest BCUT2D eigenvalue weighted by atomic mass is 19.4. The topological polar surface area (TPSA) is 26.3 Å². The van der Waals surface area contributed by atoms with Crippen LogP contribution in [0.25, 0.3) is 0 Å². The molecule has 0 spiro atoms. The van der Waals surface area contributed by atoms with Gasteiger partial charge < -0.3 is 4.74 Å². The van der Waals surface area contributed by atoms with Crippen molar-refractivity contribution in [2.45, 2.75) is 42.7 Å². The zero-order valence-electron chi connectivity index (χ0n) is 10.5. The summed E-state index contributed by atoms with van der Waals surface area (Å²) in [5.41, 5.74) is -5.61. The minimum Gasteiger partial charge on any atom is -0.469 e. The molecule has 1 aliphatic rings. The molecule has 1 unspecified atom stereocenters. The summed E-state index contributed by atoms with van der Waals surface area (Å²) in [6, 6.07) is 0. The number of carbonyl (C=O) groups is 1. The van der Waals surface area contributed by atoms with Crippen molar-refractivity contribution in [3.8, 4) is 0 Å². The van der Waals surface area contributed by atoms with Gasteiger partial charge in [-0.2, -0.15) is 35.1 Å². The van der Waals surface area contributed by atoms with Crippen LogP contribution in [0.15, 0.2) is 0 Å². The highest BCUT2D eigenvalue weighted by Crippen LogP contribution is 2.70. The van der Waals surface area contributed by atoms with Crippen LogP contribution in [0.2, 0.25) is 0 Å². The lowest BCUT2D eigenvalue weighted by molar-refractivity contribution is -0.303. The summed E-state index contributed by atoms with van der Waals surface area (Å²) >= 11 is 0. The molecule has 1 saturated carbocycles. The zero-order valence-corrected chi connectivity index (χ0v) is 10.5. The second-order valence-electron chi connectivity index (χ2n) is 4.73. The molecule has 0 N–H and O–H groups in total. The monoisotopic (exact) mass is 332 g/mol. The van der Waals surface area contributed by atoms with Crippen LogP contribution < -0.4 is 0 Å². The number of hydrogen-bond donors (Lipinski definition) is 0. The first-order valence-electron chi connectivity index (χ1n) is 5.40. The summed E-state index contributed by atoms with van der Waals surface area (Å²) < 4.78 is 122. The normalized spacial score (nSPS) is 28.9. The lowest BCUT2D eigenvalue weighted by Crippen LogP contribution is -2.56. The Bertz CT molecular complexity index is 420. The van der Waals surface area contributed by atoms with Gasteiger partial charge in [-0.3, -0.25) is 4.79 Å². The summed E-state index contributed by atoms with van der Waals surface area (Å²) in [6.07, 6.45) is -2.26. The largest absolute Gasteiger partial charge is 0.469 e. The lowest BCUT2D eigenvalue weighted by atomic mass is 9.86. The Morgan fingerprint density at radius 3 is 1.48 bits per heavy atom. The van der Waals surface area contributed by atoms with Gasteiger partial charge in [0.25, 0.3) is 0 Å². The van der Waals surface area contributed by atoms with Gasteiger partial charge in [0.1, 0.15) is 0 Å². The Labute approximate surface area is 112 Å². The molecular weight excluding hydrogens is 323 g/mol. The fourth-order valence-electron chi connectivity index (χ4n) is 2.05. The van der Waals surface area contributed by atoms with E-state index in [9.17, 15) is 44.3 Å². The summed E-state index contributed by atoms with van der Waals surface area (Å²) in [4.78, 5) is 10.9. The number of ether oxygens (including phenoxy) is 1. The van der Waals surface area contributed by atoms with Gasteiger partial charge in [-0.15, -0.1) is 0 Å². The van der Waals surface area contributed by atoms with Crippen LogP contribution >= 0.6 is 0 Å². The highest BCUT2D eigenvalue weighted by molar-refractivity contribution is 5.72. The van der Waals surface area contributed by atoms with E-state index in [0.29, 0.717) is 14.0 Å². The average Bonchev–Trinajstić information content (AvgIpc) is 2.39. The van der Waals surface area contributed by atoms with E-state index < -0.39 is 47.7 Å². The molecule has 1 fully saturated rings. The Morgan fingerprint density at radius 2 is 1.19 bits per heavy atom. The molecule has 0 aromatic rings. The van der Waals surface area contributed by atoms with Crippen LogP contribution in [0.4, 0.5) is 39.5 Å². The third kappa shape index (κ3) is 1.78. The van der Waals surface area contributed by atoms with Crippen LogP contribution in [0, 0.1) is 5.92 Å². The van der Waals surface area contributed by atoms with Gasteiger partial charge >= 0.3 is 29.7 Å². The molecule has 1 aliphatic carbocycles. The van der Waals surface area contributed by atoms with Crippen molar-refractivity contribution in [3.05, 3.63) is 0 Å². The Morgan fingerprint density at radius 1 is 0.857 bits per heavy atom. The van der Waals surface area contributed by atoms with Crippen LogP contribution in [0.3, 0.4) is 0 Å². The van der Waals surface area contributed by atoms with Crippen LogP contribution in [-0.4, -0.2) is 42.4 Å². The van der Waals surface area contributed by atoms with Crippen molar-refractivity contribution in [2.24, 2.45) is 5.92 Å². The second-order valence-corrected chi connectivity index (χ2v) is 4.73. The average molecular weight is 332 g/mol. The first-order valence-corrected chi connectivity index (χ1v) is 5.40. The van der Waals surface area contributed by atoms with Crippen molar-refractivity contribution in [3.63, 3.8) is 0 Å². The number of alkyl halides is 9. The van der Waals surface area contributed by atoms with Crippen molar-refractivity contribution in [1.82, 2.24) is 0 Å². The summed E-state index contributed by atoms with van der Waals surface area (Å²) in [5, 5.41) is 0. The van der Waals surface area contributed by atoms with Crippen LogP contribution in [-0.2, 0) is 9.53 Å². The van der Waals surface area contributed by atoms with Crippen LogP contribution in [0.5, 0.6) is 0 Å². The minimum absolute atomic E-state index is 0.605. The Hall–Kier alpha value is -1.16. The number of methoxy groups -OCH3 is 1. The number of halogens is 9. The summed E-state index contributed by atoms with van der Waals surface area (Å²) in [7, 11) is 0.692. The lowest BCUT2D eigenvalue weighted by Gasteiger charge is -2.32. The van der Waals surface area contributed by atoms with E-state index in [4.69, 9.17) is 0 Å². The molecule has 0 aromatic carbocycles. The fourth-order valence-corrected chi connectivity index (χ4v) is 2.05. The highest BCUT2D eigenvalue weighted by Gasteiger charge is 3.00. The SMILES string of the molecule is COC(=O)C(C)CC1(F)C(F)(F)C(F)(F)C(F)(F)C1(F)F. The maximum atomic E-state index is 13.9. The third-order valence-electron chi connectivity index (χ3n) is 3.37. The van der Waals surface area contributed by atoms with Gasteiger partial charge in [-0.1, -0.05) is 6.92 Å². The molecule has 1 atom stereocenters. The molecule has 11 heteroatoms. The van der Waals surface area contributed by atoms with Crippen molar-refractivity contribution >= 4 is 5.97 Å². The van der Waals surface area contributed by atoms with Crippen molar-refractivity contribution in [2.75, 3.05) is 7.11 Å². The van der Waals surface area contributed by atoms with E-state index >= 15 is 0 Å². The molecular formula is C10H9F9O2. The van der Waals surface area contributed by atoms with Crippen molar-refractivity contribution < 1.29 is 49.0 Å². The van der Waals surface area contributed by atoms with E-state index in [1.54, 1.807) is 0 Å². The first-order chi connectivity index (χ1) is 9.12. The van der Waals surface area contributed by atoms with E-state index in [0.717, 1.165) is 0 Å². The van der Waals surface area contributed by atoms with Gasteiger partial charge in [-0.25, -0.2) is 4.39 Å². The summed E-state index contributed by atoms with van der Waals surface area (Å²) in [6.45, 7) is 0.605. The van der Waals surface area contributed by atoms with Crippen LogP contribution in [0.1, 0.15) is 13.3 Å². The molecule has 0 amide bonds. The van der Waals surface area contributed by atoms with Gasteiger partial charge in [0, 0.05) is 6.42 Å². The number of esters is 1. The minimum atomic E-state index is -6.62. The zero-order chi connectivity index (χ0) is 17.1. The Balaban J connectivity index is 3.42. The fraction of sp³-hybridized carbons (Fsp3) is 0.900. The number of hydrogen-bond acceptors (Lipinski definition) is 2. The van der Waals surface area contributed by atoms with E-state index in [2.05, 4.69) is 4.74 Å². The Kier molecular flexibility index (Phi) is 3.76. The molecule has 0 saturated heterocycles.